The van der Waals surface area contributed by atoms with Gasteiger partial charge in [-0.05, 0) is 29.7 Å². The summed E-state index contributed by atoms with van der Waals surface area (Å²) in [4.78, 5) is 25.5. The van der Waals surface area contributed by atoms with E-state index in [1.54, 1.807) is 24.3 Å². The van der Waals surface area contributed by atoms with E-state index < -0.39 is 30.0 Å². The summed E-state index contributed by atoms with van der Waals surface area (Å²) in [5, 5.41) is 16.8. The lowest BCUT2D eigenvalue weighted by molar-refractivity contribution is -0.180. The summed E-state index contributed by atoms with van der Waals surface area (Å²) in [5.41, 5.74) is -1.83. The second-order valence-electron chi connectivity index (χ2n) is 8.41. The molecule has 2 aromatic rings. The highest BCUT2D eigenvalue weighted by Gasteiger charge is 2.58. The molecule has 1 aliphatic heterocycles. The number of benzene rings is 1. The minimum absolute atomic E-state index is 0.0140. The highest BCUT2D eigenvalue weighted by molar-refractivity contribution is 6.08. The summed E-state index contributed by atoms with van der Waals surface area (Å²) in [5.74, 6) is 2.61. The molecule has 1 atom stereocenters. The van der Waals surface area contributed by atoms with Gasteiger partial charge < -0.3 is 10.6 Å². The van der Waals surface area contributed by atoms with Crippen LogP contribution in [0.15, 0.2) is 30.0 Å². The standard InChI is InChI=1S/C24H27F3N6O2/c1-3-4-5-6-7-8-9-14-23(24(25,26)27)15-18(17-12-10-16(2)11-13-17)19(21(34)29-23)28-22(35)20-30-32-33-31-20/h10-13H,3-8,15H2,1-2H3,(H,28,35)(H,29,34)(H,30,31,32,33). The lowest BCUT2D eigenvalue weighted by atomic mass is 9.82. The summed E-state index contributed by atoms with van der Waals surface area (Å²) in [6.45, 7) is 3.91. The van der Waals surface area contributed by atoms with E-state index in [0.717, 1.165) is 31.2 Å². The van der Waals surface area contributed by atoms with Crippen molar-refractivity contribution in [2.75, 3.05) is 0 Å². The SMILES string of the molecule is CCCCCCCC#CC1(C(F)(F)F)CC(c2ccc(C)cc2)=C(NC(=O)c2nn[nH]n2)C(=O)N1. The molecule has 0 fully saturated rings. The molecule has 0 radical (unpaired) electrons. The molecule has 2 amide bonds. The van der Waals surface area contributed by atoms with Crippen molar-refractivity contribution in [3.63, 3.8) is 0 Å². The van der Waals surface area contributed by atoms with Gasteiger partial charge >= 0.3 is 6.18 Å². The minimum Gasteiger partial charge on any atom is -0.326 e. The summed E-state index contributed by atoms with van der Waals surface area (Å²) >= 11 is 0. The molecule has 2 heterocycles. The lowest BCUT2D eigenvalue weighted by Crippen LogP contribution is -2.61. The second kappa shape index (κ2) is 11.2. The van der Waals surface area contributed by atoms with E-state index >= 15 is 0 Å². The predicted octanol–water partition coefficient (Wildman–Crippen LogP) is 3.83. The monoisotopic (exact) mass is 488 g/mol. The zero-order chi connectivity index (χ0) is 25.5. The van der Waals surface area contributed by atoms with Crippen molar-refractivity contribution >= 4 is 17.4 Å². The maximum absolute atomic E-state index is 14.4. The second-order valence-corrected chi connectivity index (χ2v) is 8.41. The number of carbonyl (C=O) groups excluding carboxylic acids is 2. The number of amides is 2. The maximum Gasteiger partial charge on any atom is 0.423 e. The van der Waals surface area contributed by atoms with Gasteiger partial charge in [-0.2, -0.15) is 18.4 Å². The number of nitrogens with zero attached hydrogens (tertiary/aromatic N) is 3. The third kappa shape index (κ3) is 6.26. The number of aromatic nitrogens is 4. The molecule has 3 N–H and O–H groups in total. The third-order valence-corrected chi connectivity index (χ3v) is 5.68. The Morgan fingerprint density at radius 1 is 1.17 bits per heavy atom. The number of alkyl halides is 3. The number of hydrogen-bond acceptors (Lipinski definition) is 5. The molecule has 3 rings (SSSR count). The topological polar surface area (TPSA) is 113 Å². The molecule has 1 unspecified atom stereocenters. The van der Waals surface area contributed by atoms with Gasteiger partial charge in [-0.25, -0.2) is 0 Å². The highest BCUT2D eigenvalue weighted by Crippen LogP contribution is 2.41. The molecule has 186 valence electrons. The largest absolute Gasteiger partial charge is 0.423 e. The van der Waals surface area contributed by atoms with Crippen molar-refractivity contribution < 1.29 is 22.8 Å². The Bertz CT molecular complexity index is 1130. The van der Waals surface area contributed by atoms with Crippen molar-refractivity contribution in [3.8, 4) is 11.8 Å². The van der Waals surface area contributed by atoms with Gasteiger partial charge in [0.2, 0.25) is 5.54 Å². The van der Waals surface area contributed by atoms with Gasteiger partial charge in [-0.15, -0.1) is 16.1 Å². The first-order valence-electron chi connectivity index (χ1n) is 11.4. The first-order chi connectivity index (χ1) is 16.7. The third-order valence-electron chi connectivity index (χ3n) is 5.68. The van der Waals surface area contributed by atoms with Gasteiger partial charge in [-0.1, -0.05) is 68.4 Å². The van der Waals surface area contributed by atoms with Crippen molar-refractivity contribution in [2.24, 2.45) is 0 Å². The van der Waals surface area contributed by atoms with Crippen molar-refractivity contribution in [3.05, 3.63) is 46.9 Å². The fourth-order valence-corrected chi connectivity index (χ4v) is 3.70. The molecule has 0 aliphatic carbocycles. The van der Waals surface area contributed by atoms with Crippen molar-refractivity contribution in [2.45, 2.75) is 70.5 Å². The van der Waals surface area contributed by atoms with Gasteiger partial charge in [0.15, 0.2) is 0 Å². The normalized spacial score (nSPS) is 18.0. The summed E-state index contributed by atoms with van der Waals surface area (Å²) < 4.78 is 43.1. The van der Waals surface area contributed by atoms with Gasteiger partial charge in [0.25, 0.3) is 17.6 Å². The quantitative estimate of drug-likeness (QED) is 0.386. The smallest absolute Gasteiger partial charge is 0.326 e. The summed E-state index contributed by atoms with van der Waals surface area (Å²) in [6, 6.07) is 6.63. The van der Waals surface area contributed by atoms with E-state index in [0.29, 0.717) is 18.4 Å². The number of unbranched alkanes of at least 4 members (excludes halogenated alkanes) is 5. The zero-order valence-corrected chi connectivity index (χ0v) is 19.6. The molecule has 1 aliphatic rings. The van der Waals surface area contributed by atoms with E-state index in [2.05, 4.69) is 44.7 Å². The van der Waals surface area contributed by atoms with Gasteiger partial charge in [0, 0.05) is 12.8 Å². The van der Waals surface area contributed by atoms with E-state index in [9.17, 15) is 22.8 Å². The highest BCUT2D eigenvalue weighted by atomic mass is 19.4. The number of aromatic amines is 1. The average molecular weight is 489 g/mol. The molecule has 1 aromatic heterocycles. The number of aryl methyl sites for hydroxylation is 1. The molecule has 35 heavy (non-hydrogen) atoms. The van der Waals surface area contributed by atoms with E-state index in [1.807, 2.05) is 12.2 Å². The molecule has 0 saturated heterocycles. The number of hydrogen-bond donors (Lipinski definition) is 3. The Morgan fingerprint density at radius 3 is 2.51 bits per heavy atom. The molecular formula is C24H27F3N6O2. The molecule has 1 aromatic carbocycles. The van der Waals surface area contributed by atoms with Crippen LogP contribution in [0.1, 0.15) is 73.6 Å². The van der Waals surface area contributed by atoms with Crippen molar-refractivity contribution in [1.29, 1.82) is 0 Å². The molecule has 0 saturated carbocycles. The molecule has 0 bridgehead atoms. The Morgan fingerprint density at radius 2 is 1.89 bits per heavy atom. The summed E-state index contributed by atoms with van der Waals surface area (Å²) in [6.07, 6.45) is -0.525. The Kier molecular flexibility index (Phi) is 8.27. The Hall–Kier alpha value is -3.68. The van der Waals surface area contributed by atoms with Crippen LogP contribution in [-0.4, -0.2) is 44.2 Å². The number of halogens is 3. The maximum atomic E-state index is 14.4. The van der Waals surface area contributed by atoms with Crippen LogP contribution in [0, 0.1) is 18.8 Å². The first kappa shape index (κ1) is 25.9. The van der Waals surface area contributed by atoms with Gasteiger partial charge in [0.1, 0.15) is 5.70 Å². The lowest BCUT2D eigenvalue weighted by Gasteiger charge is -2.37. The minimum atomic E-state index is -4.85. The van der Waals surface area contributed by atoms with E-state index in [4.69, 9.17) is 0 Å². The fourth-order valence-electron chi connectivity index (χ4n) is 3.70. The fraction of sp³-hybridized carbons (Fsp3) is 0.458. The van der Waals surface area contributed by atoms with Crippen LogP contribution >= 0.6 is 0 Å². The Labute approximate surface area is 201 Å². The number of rotatable bonds is 8. The summed E-state index contributed by atoms with van der Waals surface area (Å²) in [7, 11) is 0. The zero-order valence-electron chi connectivity index (χ0n) is 19.6. The molecule has 8 nitrogen and oxygen atoms in total. The average Bonchev–Trinajstić information content (AvgIpc) is 3.35. The van der Waals surface area contributed by atoms with Crippen molar-refractivity contribution in [1.82, 2.24) is 31.3 Å². The van der Waals surface area contributed by atoms with Gasteiger partial charge in [-0.3, -0.25) is 9.59 Å². The van der Waals surface area contributed by atoms with Crippen LogP contribution in [0.4, 0.5) is 13.2 Å². The van der Waals surface area contributed by atoms with Crippen LogP contribution in [-0.2, 0) is 4.79 Å². The van der Waals surface area contributed by atoms with Crippen LogP contribution in [0.25, 0.3) is 5.57 Å². The van der Waals surface area contributed by atoms with E-state index in [-0.39, 0.29) is 17.1 Å². The van der Waals surface area contributed by atoms with Crippen LogP contribution in [0.5, 0.6) is 0 Å². The van der Waals surface area contributed by atoms with Gasteiger partial charge in [0.05, 0.1) is 0 Å². The molecular weight excluding hydrogens is 461 g/mol. The molecule has 0 spiro atoms. The number of tetrazole rings is 1. The first-order valence-corrected chi connectivity index (χ1v) is 11.4. The number of H-pyrrole nitrogens is 1. The van der Waals surface area contributed by atoms with Crippen LogP contribution in [0.3, 0.4) is 0 Å². The van der Waals surface area contributed by atoms with Crippen LogP contribution in [0.2, 0.25) is 0 Å². The van der Waals surface area contributed by atoms with E-state index in [1.165, 1.54) is 0 Å². The number of carbonyl (C=O) groups is 2. The predicted molar refractivity (Wildman–Crippen MR) is 122 cm³/mol. The molecule has 11 heteroatoms. The van der Waals surface area contributed by atoms with Crippen LogP contribution < -0.4 is 10.6 Å². The number of nitrogens with one attached hydrogen (secondary N) is 3. The Balaban J connectivity index is 1.97.